The molecule has 18 heavy (non-hydrogen) atoms. The van der Waals surface area contributed by atoms with Crippen molar-refractivity contribution in [3.63, 3.8) is 0 Å². The predicted molar refractivity (Wildman–Crippen MR) is 80.2 cm³/mol. The Balaban J connectivity index is 2.79. The third-order valence-corrected chi connectivity index (χ3v) is 5.93. The van der Waals surface area contributed by atoms with Gasteiger partial charge in [0.25, 0.3) is 0 Å². The Morgan fingerprint density at radius 3 is 1.78 bits per heavy atom. The van der Waals surface area contributed by atoms with Gasteiger partial charge in [-0.2, -0.15) is 0 Å². The molecule has 1 aliphatic rings. The van der Waals surface area contributed by atoms with E-state index in [9.17, 15) is 0 Å². The molecule has 1 aliphatic carbocycles. The van der Waals surface area contributed by atoms with Crippen molar-refractivity contribution in [2.45, 2.75) is 52.4 Å². The zero-order valence-corrected chi connectivity index (χ0v) is 12.7. The maximum atomic E-state index is 6.14. The lowest BCUT2D eigenvalue weighted by Gasteiger charge is -2.44. The van der Waals surface area contributed by atoms with E-state index in [2.05, 4.69) is 59.0 Å². The van der Waals surface area contributed by atoms with E-state index in [1.54, 1.807) is 0 Å². The maximum absolute atomic E-state index is 6.14. The molecule has 0 saturated carbocycles. The summed E-state index contributed by atoms with van der Waals surface area (Å²) in [6, 6.07) is 4.40. The average Bonchev–Trinajstić information content (AvgIpc) is 2.35. The van der Waals surface area contributed by atoms with Gasteiger partial charge in [0.05, 0.1) is 11.4 Å². The van der Waals surface area contributed by atoms with Gasteiger partial charge >= 0.3 is 0 Å². The van der Waals surface area contributed by atoms with Crippen molar-refractivity contribution < 1.29 is 0 Å². The third-order valence-electron chi connectivity index (χ3n) is 5.93. The van der Waals surface area contributed by atoms with Gasteiger partial charge in [0.2, 0.25) is 0 Å². The van der Waals surface area contributed by atoms with E-state index >= 15 is 0 Å². The van der Waals surface area contributed by atoms with E-state index in [0.29, 0.717) is 0 Å². The van der Waals surface area contributed by atoms with Gasteiger partial charge < -0.3 is 11.1 Å². The highest BCUT2D eigenvalue weighted by molar-refractivity contribution is 5.71. The van der Waals surface area contributed by atoms with Crippen LogP contribution in [0.25, 0.3) is 0 Å². The molecule has 1 aromatic rings. The van der Waals surface area contributed by atoms with Gasteiger partial charge in [-0.1, -0.05) is 41.5 Å². The molecule has 0 heterocycles. The Morgan fingerprint density at radius 1 is 0.889 bits per heavy atom. The number of benzene rings is 1. The minimum Gasteiger partial charge on any atom is -0.397 e. The normalized spacial score (nSPS) is 22.6. The standard InChI is InChI=1S/C16H26N2/c1-14(2)10-8-12(17)13(18-7)9-11(10)15(3,4)16(14,5)6/h8-9,18H,17H2,1-7H3. The highest BCUT2D eigenvalue weighted by Crippen LogP contribution is 2.62. The molecule has 2 heteroatoms. The molecule has 0 fully saturated rings. The zero-order valence-electron chi connectivity index (χ0n) is 12.7. The van der Waals surface area contributed by atoms with Gasteiger partial charge in [0.1, 0.15) is 0 Å². The van der Waals surface area contributed by atoms with Crippen LogP contribution in [0.2, 0.25) is 0 Å². The smallest absolute Gasteiger partial charge is 0.0574 e. The van der Waals surface area contributed by atoms with Crippen LogP contribution in [0.1, 0.15) is 52.7 Å². The number of nitrogens with two attached hydrogens (primary N) is 1. The molecule has 0 spiro atoms. The first-order valence-corrected chi connectivity index (χ1v) is 6.69. The van der Waals surface area contributed by atoms with Crippen LogP contribution in [0, 0.1) is 5.41 Å². The van der Waals surface area contributed by atoms with Crippen molar-refractivity contribution >= 4 is 11.4 Å². The second kappa shape index (κ2) is 3.43. The fourth-order valence-electron chi connectivity index (χ4n) is 3.32. The molecule has 0 amide bonds. The summed E-state index contributed by atoms with van der Waals surface area (Å²) in [5.41, 5.74) is 11.3. The first kappa shape index (κ1) is 13.3. The Bertz CT molecular complexity index is 496. The Labute approximate surface area is 111 Å². The second-order valence-corrected chi connectivity index (χ2v) is 7.11. The Kier molecular flexibility index (Phi) is 2.53. The lowest BCUT2D eigenvalue weighted by molar-refractivity contribution is 0.125. The SMILES string of the molecule is CNc1cc2c(cc1N)C(C)(C)C(C)(C)C2(C)C. The van der Waals surface area contributed by atoms with Gasteiger partial charge in [-0.05, 0) is 39.5 Å². The summed E-state index contributed by atoms with van der Waals surface area (Å²) in [6.07, 6.45) is 0. The summed E-state index contributed by atoms with van der Waals surface area (Å²) in [5, 5.41) is 3.19. The molecular formula is C16H26N2. The van der Waals surface area contributed by atoms with Crippen LogP contribution in [-0.2, 0) is 10.8 Å². The van der Waals surface area contributed by atoms with Crippen molar-refractivity contribution in [2.75, 3.05) is 18.1 Å². The van der Waals surface area contributed by atoms with Crippen LogP contribution in [0.15, 0.2) is 12.1 Å². The van der Waals surface area contributed by atoms with Crippen LogP contribution >= 0.6 is 0 Å². The van der Waals surface area contributed by atoms with E-state index < -0.39 is 0 Å². The molecular weight excluding hydrogens is 220 g/mol. The lowest BCUT2D eigenvalue weighted by atomic mass is 9.59. The third kappa shape index (κ3) is 1.29. The van der Waals surface area contributed by atoms with Crippen LogP contribution in [0.5, 0.6) is 0 Å². The second-order valence-electron chi connectivity index (χ2n) is 7.11. The Hall–Kier alpha value is -1.18. The molecule has 0 unspecified atom stereocenters. The number of anilines is 2. The molecule has 2 rings (SSSR count). The number of rotatable bonds is 1. The van der Waals surface area contributed by atoms with E-state index in [-0.39, 0.29) is 16.2 Å². The average molecular weight is 246 g/mol. The first-order chi connectivity index (χ1) is 8.07. The van der Waals surface area contributed by atoms with E-state index in [1.807, 2.05) is 7.05 Å². The highest BCUT2D eigenvalue weighted by atomic mass is 14.9. The molecule has 0 aliphatic heterocycles. The minimum atomic E-state index is 0.131. The topological polar surface area (TPSA) is 38.0 Å². The summed E-state index contributed by atoms with van der Waals surface area (Å²) in [6.45, 7) is 14.1. The molecule has 0 radical (unpaired) electrons. The van der Waals surface area contributed by atoms with E-state index in [0.717, 1.165) is 11.4 Å². The largest absolute Gasteiger partial charge is 0.397 e. The summed E-state index contributed by atoms with van der Waals surface area (Å²) in [5.74, 6) is 0. The Morgan fingerprint density at radius 2 is 1.33 bits per heavy atom. The fraction of sp³-hybridized carbons (Fsp3) is 0.625. The predicted octanol–water partition coefficient (Wildman–Crippen LogP) is 3.91. The molecule has 2 nitrogen and oxygen atoms in total. The van der Waals surface area contributed by atoms with E-state index in [4.69, 9.17) is 5.73 Å². The first-order valence-electron chi connectivity index (χ1n) is 6.69. The summed E-state index contributed by atoms with van der Waals surface area (Å²) < 4.78 is 0. The van der Waals surface area contributed by atoms with Crippen LogP contribution < -0.4 is 11.1 Å². The maximum Gasteiger partial charge on any atom is 0.0574 e. The summed E-state index contributed by atoms with van der Waals surface area (Å²) >= 11 is 0. The van der Waals surface area contributed by atoms with Gasteiger partial charge in [-0.15, -0.1) is 0 Å². The van der Waals surface area contributed by atoms with Crippen molar-refractivity contribution in [3.8, 4) is 0 Å². The van der Waals surface area contributed by atoms with Crippen LogP contribution in [0.3, 0.4) is 0 Å². The minimum absolute atomic E-state index is 0.131. The van der Waals surface area contributed by atoms with Crippen molar-refractivity contribution in [3.05, 3.63) is 23.3 Å². The zero-order chi connectivity index (χ0) is 13.9. The fourth-order valence-corrected chi connectivity index (χ4v) is 3.32. The van der Waals surface area contributed by atoms with Crippen molar-refractivity contribution in [2.24, 2.45) is 5.41 Å². The molecule has 3 N–H and O–H groups in total. The number of hydrogen-bond donors (Lipinski definition) is 2. The molecule has 0 atom stereocenters. The van der Waals surface area contributed by atoms with Crippen molar-refractivity contribution in [1.29, 1.82) is 0 Å². The van der Waals surface area contributed by atoms with Gasteiger partial charge in [0, 0.05) is 7.05 Å². The number of hydrogen-bond acceptors (Lipinski definition) is 2. The highest BCUT2D eigenvalue weighted by Gasteiger charge is 2.56. The lowest BCUT2D eigenvalue weighted by Crippen LogP contribution is -2.42. The van der Waals surface area contributed by atoms with Gasteiger partial charge in [-0.25, -0.2) is 0 Å². The molecule has 0 saturated heterocycles. The number of nitrogen functional groups attached to an aromatic ring is 1. The van der Waals surface area contributed by atoms with Crippen LogP contribution in [0.4, 0.5) is 11.4 Å². The monoisotopic (exact) mass is 246 g/mol. The van der Waals surface area contributed by atoms with Gasteiger partial charge in [0.15, 0.2) is 0 Å². The number of nitrogens with one attached hydrogen (secondary N) is 1. The van der Waals surface area contributed by atoms with Crippen molar-refractivity contribution in [1.82, 2.24) is 0 Å². The van der Waals surface area contributed by atoms with E-state index in [1.165, 1.54) is 11.1 Å². The summed E-state index contributed by atoms with van der Waals surface area (Å²) in [4.78, 5) is 0. The molecule has 1 aromatic carbocycles. The summed E-state index contributed by atoms with van der Waals surface area (Å²) in [7, 11) is 1.93. The van der Waals surface area contributed by atoms with Crippen LogP contribution in [-0.4, -0.2) is 7.05 Å². The number of fused-ring (bicyclic) bond motifs is 1. The molecule has 100 valence electrons. The quantitative estimate of drug-likeness (QED) is 0.737. The molecule has 0 aromatic heterocycles. The van der Waals surface area contributed by atoms with Gasteiger partial charge in [-0.3, -0.25) is 0 Å². The molecule has 0 bridgehead atoms.